The standard InChI is InChI=1S/C21H20BrN5O2/c22-18-8-6-15(7-9-18)14-23-27-21(29)19(24-25-27)20(28)26-12-10-17(11-13-26)16-4-2-1-3-5-16/h1-9,14,17,25H,10-13H2/b23-14+. The highest BCUT2D eigenvalue weighted by Crippen LogP contribution is 2.28. The van der Waals surface area contributed by atoms with Crippen molar-refractivity contribution >= 4 is 28.1 Å². The number of H-pyrrole nitrogens is 1. The molecule has 0 aliphatic carbocycles. The molecule has 1 amide bonds. The lowest BCUT2D eigenvalue weighted by Gasteiger charge is -2.31. The van der Waals surface area contributed by atoms with Crippen molar-refractivity contribution in [3.05, 3.63) is 86.2 Å². The Hall–Kier alpha value is -3.00. The highest BCUT2D eigenvalue weighted by atomic mass is 79.9. The molecule has 0 radical (unpaired) electrons. The smallest absolute Gasteiger partial charge is 0.320 e. The molecule has 3 aromatic rings. The minimum absolute atomic E-state index is 0.129. The molecule has 1 aliphatic rings. The van der Waals surface area contributed by atoms with Gasteiger partial charge in [0.1, 0.15) is 0 Å². The Balaban J connectivity index is 1.42. The number of piperidine rings is 1. The molecule has 1 fully saturated rings. The van der Waals surface area contributed by atoms with Crippen molar-refractivity contribution in [2.75, 3.05) is 13.1 Å². The number of nitrogens with zero attached hydrogens (tertiary/aromatic N) is 4. The van der Waals surface area contributed by atoms with E-state index in [1.807, 2.05) is 42.5 Å². The number of likely N-dealkylation sites (tertiary alicyclic amines) is 1. The minimum Gasteiger partial charge on any atom is -0.337 e. The summed E-state index contributed by atoms with van der Waals surface area (Å²) in [5.74, 6) is 0.0851. The maximum Gasteiger partial charge on any atom is 0.320 e. The molecule has 1 aromatic heterocycles. The van der Waals surface area contributed by atoms with Gasteiger partial charge in [-0.05, 0) is 42.0 Å². The van der Waals surface area contributed by atoms with Gasteiger partial charge < -0.3 is 4.90 Å². The molecule has 2 heterocycles. The molecular formula is C21H20BrN5O2. The minimum atomic E-state index is -0.548. The maximum absolute atomic E-state index is 12.8. The van der Waals surface area contributed by atoms with Crippen LogP contribution in [-0.4, -0.2) is 45.2 Å². The first kappa shape index (κ1) is 19.3. The van der Waals surface area contributed by atoms with Gasteiger partial charge in [-0.25, -0.2) is 0 Å². The van der Waals surface area contributed by atoms with Gasteiger partial charge in [-0.1, -0.05) is 58.4 Å². The van der Waals surface area contributed by atoms with Crippen molar-refractivity contribution in [3.8, 4) is 0 Å². The molecule has 0 atom stereocenters. The molecular weight excluding hydrogens is 434 g/mol. The fourth-order valence-electron chi connectivity index (χ4n) is 3.47. The molecule has 7 nitrogen and oxygen atoms in total. The Bertz CT molecular complexity index is 1060. The Labute approximate surface area is 176 Å². The summed E-state index contributed by atoms with van der Waals surface area (Å²) < 4.78 is 0.956. The number of carbonyl (C=O) groups excluding carboxylic acids is 1. The zero-order valence-corrected chi connectivity index (χ0v) is 17.2. The molecule has 0 bridgehead atoms. The number of hydrogen-bond donors (Lipinski definition) is 1. The Morgan fingerprint density at radius 3 is 2.48 bits per heavy atom. The first-order chi connectivity index (χ1) is 14.1. The fraction of sp³-hybridized carbons (Fsp3) is 0.238. The van der Waals surface area contributed by atoms with E-state index in [2.05, 4.69) is 43.5 Å². The van der Waals surface area contributed by atoms with Crippen molar-refractivity contribution in [3.63, 3.8) is 0 Å². The van der Waals surface area contributed by atoms with Gasteiger partial charge >= 0.3 is 5.56 Å². The average Bonchev–Trinajstić information content (AvgIpc) is 3.14. The Kier molecular flexibility index (Phi) is 5.71. The second-order valence-corrected chi connectivity index (χ2v) is 7.87. The van der Waals surface area contributed by atoms with Crippen LogP contribution in [0.4, 0.5) is 0 Å². The number of benzene rings is 2. The zero-order valence-electron chi connectivity index (χ0n) is 15.7. The van der Waals surface area contributed by atoms with Crippen molar-refractivity contribution in [1.82, 2.24) is 20.0 Å². The van der Waals surface area contributed by atoms with Crippen molar-refractivity contribution < 1.29 is 4.79 Å². The molecule has 2 aromatic carbocycles. The molecule has 29 heavy (non-hydrogen) atoms. The summed E-state index contributed by atoms with van der Waals surface area (Å²) in [4.78, 5) is 27.9. The van der Waals surface area contributed by atoms with Crippen LogP contribution in [0.5, 0.6) is 0 Å². The van der Waals surface area contributed by atoms with E-state index in [1.54, 1.807) is 4.90 Å². The molecule has 0 saturated carbocycles. The van der Waals surface area contributed by atoms with Gasteiger partial charge in [-0.15, -0.1) is 9.89 Å². The number of amides is 1. The van der Waals surface area contributed by atoms with Crippen LogP contribution in [0.15, 0.2) is 69.0 Å². The molecule has 8 heteroatoms. The first-order valence-corrected chi connectivity index (χ1v) is 10.2. The largest absolute Gasteiger partial charge is 0.337 e. The van der Waals surface area contributed by atoms with E-state index in [4.69, 9.17) is 0 Å². The monoisotopic (exact) mass is 453 g/mol. The van der Waals surface area contributed by atoms with Crippen LogP contribution < -0.4 is 5.56 Å². The van der Waals surface area contributed by atoms with Crippen LogP contribution >= 0.6 is 15.9 Å². The predicted octanol–water partition coefficient (Wildman–Crippen LogP) is 3.24. The van der Waals surface area contributed by atoms with Gasteiger partial charge in [-0.2, -0.15) is 10.3 Å². The van der Waals surface area contributed by atoms with E-state index in [-0.39, 0.29) is 11.6 Å². The number of hydrogen-bond acceptors (Lipinski definition) is 4. The third-order valence-corrected chi connectivity index (χ3v) is 5.63. The maximum atomic E-state index is 12.8. The van der Waals surface area contributed by atoms with E-state index < -0.39 is 5.56 Å². The SMILES string of the molecule is O=C(c1n[nH]n(/N=C/c2ccc(Br)cc2)c1=O)N1CCC(c2ccccc2)CC1. The quantitative estimate of drug-likeness (QED) is 0.615. The van der Waals surface area contributed by atoms with Crippen LogP contribution in [0.25, 0.3) is 0 Å². The van der Waals surface area contributed by atoms with Gasteiger partial charge in [0, 0.05) is 17.6 Å². The predicted molar refractivity (Wildman–Crippen MR) is 114 cm³/mol. The van der Waals surface area contributed by atoms with Gasteiger partial charge in [0.25, 0.3) is 5.91 Å². The zero-order chi connectivity index (χ0) is 20.2. The fourth-order valence-corrected chi connectivity index (χ4v) is 3.74. The molecule has 0 spiro atoms. The molecule has 1 aliphatic heterocycles. The summed E-state index contributed by atoms with van der Waals surface area (Å²) in [7, 11) is 0. The van der Waals surface area contributed by atoms with Crippen LogP contribution in [0.1, 0.15) is 40.4 Å². The van der Waals surface area contributed by atoms with Crippen LogP contribution in [0.3, 0.4) is 0 Å². The number of halogens is 1. The van der Waals surface area contributed by atoms with E-state index in [0.717, 1.165) is 27.7 Å². The van der Waals surface area contributed by atoms with E-state index in [9.17, 15) is 9.59 Å². The van der Waals surface area contributed by atoms with Gasteiger partial charge in [0.05, 0.1) is 6.21 Å². The van der Waals surface area contributed by atoms with Gasteiger partial charge in [0.2, 0.25) is 5.69 Å². The highest BCUT2D eigenvalue weighted by Gasteiger charge is 2.28. The molecule has 148 valence electrons. The second-order valence-electron chi connectivity index (χ2n) is 6.95. The lowest BCUT2D eigenvalue weighted by atomic mass is 9.89. The summed E-state index contributed by atoms with van der Waals surface area (Å²) in [6, 6.07) is 17.8. The Morgan fingerprint density at radius 1 is 1.10 bits per heavy atom. The molecule has 4 rings (SSSR count). The summed E-state index contributed by atoms with van der Waals surface area (Å²) in [5, 5.41) is 10.5. The number of nitrogens with one attached hydrogen (secondary N) is 1. The second kappa shape index (κ2) is 8.57. The third kappa shape index (κ3) is 4.37. The van der Waals surface area contributed by atoms with E-state index >= 15 is 0 Å². The van der Waals surface area contributed by atoms with Crippen LogP contribution in [0.2, 0.25) is 0 Å². The summed E-state index contributed by atoms with van der Waals surface area (Å²) in [5.41, 5.74) is 1.44. The highest BCUT2D eigenvalue weighted by molar-refractivity contribution is 9.10. The first-order valence-electron chi connectivity index (χ1n) is 9.43. The van der Waals surface area contributed by atoms with Gasteiger partial charge in [0.15, 0.2) is 0 Å². The Morgan fingerprint density at radius 2 is 1.79 bits per heavy atom. The topological polar surface area (TPSA) is 83.3 Å². The number of carbonyl (C=O) groups is 1. The third-order valence-electron chi connectivity index (χ3n) is 5.10. The summed E-state index contributed by atoms with van der Waals surface area (Å²) >= 11 is 3.37. The summed E-state index contributed by atoms with van der Waals surface area (Å²) in [6.07, 6.45) is 3.28. The van der Waals surface area contributed by atoms with Crippen LogP contribution in [-0.2, 0) is 0 Å². The summed E-state index contributed by atoms with van der Waals surface area (Å²) in [6.45, 7) is 1.21. The molecule has 1 saturated heterocycles. The lowest BCUT2D eigenvalue weighted by Crippen LogP contribution is -2.40. The van der Waals surface area contributed by atoms with E-state index in [0.29, 0.717) is 19.0 Å². The van der Waals surface area contributed by atoms with Crippen molar-refractivity contribution in [2.45, 2.75) is 18.8 Å². The number of aromatic amines is 1. The number of rotatable bonds is 4. The average molecular weight is 454 g/mol. The molecule has 1 N–H and O–H groups in total. The van der Waals surface area contributed by atoms with Crippen LogP contribution in [0, 0.1) is 0 Å². The number of aromatic nitrogens is 3. The molecule has 0 unspecified atom stereocenters. The normalized spacial score (nSPS) is 15.1. The lowest BCUT2D eigenvalue weighted by molar-refractivity contribution is 0.0705. The van der Waals surface area contributed by atoms with Crippen molar-refractivity contribution in [2.24, 2.45) is 5.10 Å². The van der Waals surface area contributed by atoms with E-state index in [1.165, 1.54) is 11.8 Å². The van der Waals surface area contributed by atoms with Gasteiger partial charge in [-0.3, -0.25) is 9.59 Å². The van der Waals surface area contributed by atoms with Crippen molar-refractivity contribution in [1.29, 1.82) is 0 Å².